The Balaban J connectivity index is 1.63. The van der Waals surface area contributed by atoms with Crippen LogP contribution in [0, 0.1) is 6.92 Å². The van der Waals surface area contributed by atoms with E-state index in [2.05, 4.69) is 21.3 Å². The lowest BCUT2D eigenvalue weighted by Crippen LogP contribution is -2.53. The van der Waals surface area contributed by atoms with Crippen molar-refractivity contribution in [2.24, 2.45) is 0 Å². The molecule has 3 unspecified atom stereocenters. The second kappa shape index (κ2) is 17.1. The number of benzene rings is 2. The van der Waals surface area contributed by atoms with Crippen molar-refractivity contribution in [1.29, 1.82) is 0 Å². The molecule has 0 aliphatic carbocycles. The van der Waals surface area contributed by atoms with E-state index in [-0.39, 0.29) is 31.4 Å². The summed E-state index contributed by atoms with van der Waals surface area (Å²) in [5, 5.41) is 20.5. The second-order valence-electron chi connectivity index (χ2n) is 10.4. The number of nitrogens with one attached hydrogen (secondary N) is 4. The van der Waals surface area contributed by atoms with Crippen LogP contribution in [0.3, 0.4) is 0 Å². The van der Waals surface area contributed by atoms with Crippen LogP contribution in [0.5, 0.6) is 5.75 Å². The van der Waals surface area contributed by atoms with Gasteiger partial charge in [0.1, 0.15) is 17.8 Å². The van der Waals surface area contributed by atoms with Crippen LogP contribution in [0.4, 0.5) is 0 Å². The van der Waals surface area contributed by atoms with Gasteiger partial charge in [0.25, 0.3) is 0 Å². The van der Waals surface area contributed by atoms with Gasteiger partial charge in [0.15, 0.2) is 0 Å². The van der Waals surface area contributed by atoms with Crippen molar-refractivity contribution in [2.75, 3.05) is 26.3 Å². The lowest BCUT2D eigenvalue weighted by Gasteiger charge is -2.23. The minimum atomic E-state index is -1.09. The molecule has 1 saturated heterocycles. The summed E-state index contributed by atoms with van der Waals surface area (Å²) in [6, 6.07) is 13.3. The topological polar surface area (TPSA) is 155 Å². The Morgan fingerprint density at radius 2 is 1.81 bits per heavy atom. The fourth-order valence-electron chi connectivity index (χ4n) is 4.63. The first-order chi connectivity index (χ1) is 20.2. The maximum absolute atomic E-state index is 13.4. The van der Waals surface area contributed by atoms with Crippen LogP contribution in [0.2, 0.25) is 0 Å². The van der Waals surface area contributed by atoms with Gasteiger partial charge >= 0.3 is 5.97 Å². The number of aliphatic carboxylic acids is 1. The average molecular weight is 583 g/mol. The molecule has 1 fully saturated rings. The molecule has 0 radical (unpaired) electrons. The highest BCUT2D eigenvalue weighted by atomic mass is 16.5. The molecular weight excluding hydrogens is 540 g/mol. The van der Waals surface area contributed by atoms with Crippen molar-refractivity contribution in [3.8, 4) is 5.75 Å². The van der Waals surface area contributed by atoms with Crippen LogP contribution in [-0.2, 0) is 36.9 Å². The number of hydrogen-bond donors (Lipinski definition) is 5. The maximum Gasteiger partial charge on any atom is 0.303 e. The zero-order chi connectivity index (χ0) is 30.3. The molecule has 2 aromatic rings. The number of hydrogen-bond acceptors (Lipinski definition) is 7. The van der Waals surface area contributed by atoms with Gasteiger partial charge in [-0.25, -0.2) is 0 Å². The molecule has 0 bridgehead atoms. The van der Waals surface area contributed by atoms with Crippen molar-refractivity contribution in [1.82, 2.24) is 21.3 Å². The van der Waals surface area contributed by atoms with Gasteiger partial charge in [-0.2, -0.15) is 0 Å². The number of amides is 3. The van der Waals surface area contributed by atoms with E-state index in [9.17, 15) is 19.2 Å². The number of carbonyl (C=O) groups is 4. The Bertz CT molecular complexity index is 1190. The highest BCUT2D eigenvalue weighted by Gasteiger charge is 2.27. The molecule has 0 aromatic heterocycles. The monoisotopic (exact) mass is 582 g/mol. The number of carboxylic acids is 1. The molecule has 3 rings (SSSR count). The molecule has 3 atom stereocenters. The molecule has 5 N–H and O–H groups in total. The van der Waals surface area contributed by atoms with Crippen LogP contribution in [0.15, 0.2) is 48.5 Å². The van der Waals surface area contributed by atoms with E-state index in [1.807, 2.05) is 55.5 Å². The van der Waals surface area contributed by atoms with Gasteiger partial charge in [-0.3, -0.25) is 19.2 Å². The standard InChI is InChI=1S/C31H42N4O7/c1-21-8-10-25(41-16-14-26-20-32-15-17-42-26)18-24(21)19-33-30(39)27(11-9-23-6-4-3-5-7-23)35-31(40)28(34-22(2)36)12-13-29(37)38/h3-8,10,18,26-28,32H,9,11-17,19-20H2,1-2H3,(H,33,39)(H,34,36)(H,35,40)(H,37,38). The normalized spacial score (nSPS) is 16.1. The molecule has 11 heteroatoms. The van der Waals surface area contributed by atoms with Crippen molar-refractivity contribution in [3.63, 3.8) is 0 Å². The lowest BCUT2D eigenvalue weighted by molar-refractivity contribution is -0.138. The predicted molar refractivity (Wildman–Crippen MR) is 157 cm³/mol. The first-order valence-electron chi connectivity index (χ1n) is 14.4. The highest BCUT2D eigenvalue weighted by Crippen LogP contribution is 2.18. The van der Waals surface area contributed by atoms with Gasteiger partial charge < -0.3 is 35.8 Å². The molecule has 11 nitrogen and oxygen atoms in total. The van der Waals surface area contributed by atoms with Gasteiger partial charge in [0.05, 0.1) is 19.3 Å². The average Bonchev–Trinajstić information content (AvgIpc) is 2.98. The van der Waals surface area contributed by atoms with Crippen molar-refractivity contribution < 1.29 is 33.8 Å². The summed E-state index contributed by atoms with van der Waals surface area (Å²) in [4.78, 5) is 49.2. The Labute approximate surface area is 246 Å². The SMILES string of the molecule is CC(=O)NC(CCC(=O)O)C(=O)NC(CCc1ccccc1)C(=O)NCc1cc(OCCC2CNCCO2)ccc1C. The first kappa shape index (κ1) is 32.6. The summed E-state index contributed by atoms with van der Waals surface area (Å²) in [6.45, 7) is 6.30. The van der Waals surface area contributed by atoms with Gasteiger partial charge in [0.2, 0.25) is 17.7 Å². The van der Waals surface area contributed by atoms with Gasteiger partial charge in [-0.05, 0) is 55.0 Å². The van der Waals surface area contributed by atoms with E-state index in [1.165, 1.54) is 6.92 Å². The van der Waals surface area contributed by atoms with E-state index in [0.717, 1.165) is 36.2 Å². The van der Waals surface area contributed by atoms with Crippen molar-refractivity contribution in [3.05, 3.63) is 65.2 Å². The van der Waals surface area contributed by atoms with Gasteiger partial charge in [-0.1, -0.05) is 36.4 Å². The molecule has 3 amide bonds. The van der Waals surface area contributed by atoms with E-state index < -0.39 is 29.9 Å². The second-order valence-corrected chi connectivity index (χ2v) is 10.4. The molecule has 0 saturated carbocycles. The number of morpholine rings is 1. The van der Waals surface area contributed by atoms with E-state index in [4.69, 9.17) is 14.6 Å². The number of carboxylic acid groups (broad SMARTS) is 1. The van der Waals surface area contributed by atoms with Crippen LogP contribution in [0.25, 0.3) is 0 Å². The maximum atomic E-state index is 13.4. The third-order valence-corrected chi connectivity index (χ3v) is 7.02. The Hall–Kier alpha value is -3.96. The molecule has 0 spiro atoms. The number of ether oxygens (including phenoxy) is 2. The third-order valence-electron chi connectivity index (χ3n) is 7.02. The Kier molecular flexibility index (Phi) is 13.3. The zero-order valence-electron chi connectivity index (χ0n) is 24.3. The minimum absolute atomic E-state index is 0.0941. The number of carbonyl (C=O) groups excluding carboxylic acids is 3. The third kappa shape index (κ3) is 11.5. The number of rotatable bonds is 16. The molecule has 42 heavy (non-hydrogen) atoms. The smallest absolute Gasteiger partial charge is 0.303 e. The fraction of sp³-hybridized carbons (Fsp3) is 0.484. The molecule has 1 aliphatic rings. The molecule has 228 valence electrons. The largest absolute Gasteiger partial charge is 0.493 e. The predicted octanol–water partition coefficient (Wildman–Crippen LogP) is 1.86. The quantitative estimate of drug-likeness (QED) is 0.201. The van der Waals surface area contributed by atoms with Crippen LogP contribution < -0.4 is 26.0 Å². The Morgan fingerprint density at radius 1 is 1.05 bits per heavy atom. The van der Waals surface area contributed by atoms with E-state index >= 15 is 0 Å². The van der Waals surface area contributed by atoms with Crippen LogP contribution in [-0.4, -0.2) is 73.3 Å². The van der Waals surface area contributed by atoms with Crippen LogP contribution in [0.1, 0.15) is 49.3 Å². The summed E-state index contributed by atoms with van der Waals surface area (Å²) in [5.74, 6) is -1.85. The Morgan fingerprint density at radius 3 is 2.50 bits per heavy atom. The first-order valence-corrected chi connectivity index (χ1v) is 14.4. The van der Waals surface area contributed by atoms with E-state index in [0.29, 0.717) is 31.8 Å². The highest BCUT2D eigenvalue weighted by molar-refractivity contribution is 5.92. The lowest BCUT2D eigenvalue weighted by atomic mass is 10.0. The van der Waals surface area contributed by atoms with Crippen molar-refractivity contribution >= 4 is 23.7 Å². The molecule has 1 heterocycles. The molecule has 1 aliphatic heterocycles. The zero-order valence-corrected chi connectivity index (χ0v) is 24.3. The van der Waals surface area contributed by atoms with Crippen molar-refractivity contribution in [2.45, 2.75) is 70.7 Å². The summed E-state index contributed by atoms with van der Waals surface area (Å²) < 4.78 is 11.7. The molecule has 2 aromatic carbocycles. The summed E-state index contributed by atoms with van der Waals surface area (Å²) in [7, 11) is 0. The van der Waals surface area contributed by atoms with Gasteiger partial charge in [0, 0.05) is 39.4 Å². The number of aryl methyl sites for hydroxylation is 2. The van der Waals surface area contributed by atoms with Gasteiger partial charge in [-0.15, -0.1) is 0 Å². The summed E-state index contributed by atoms with van der Waals surface area (Å²) in [5.41, 5.74) is 2.86. The van der Waals surface area contributed by atoms with Crippen LogP contribution >= 0.6 is 0 Å². The summed E-state index contributed by atoms with van der Waals surface area (Å²) in [6.07, 6.45) is 1.34. The molecular formula is C31H42N4O7. The summed E-state index contributed by atoms with van der Waals surface area (Å²) >= 11 is 0. The fourth-order valence-corrected chi connectivity index (χ4v) is 4.63. The minimum Gasteiger partial charge on any atom is -0.493 e. The van der Waals surface area contributed by atoms with E-state index in [1.54, 1.807) is 0 Å².